The van der Waals surface area contributed by atoms with Crippen LogP contribution in [0.4, 0.5) is 0 Å². The van der Waals surface area contributed by atoms with E-state index < -0.39 is 0 Å². The zero-order valence-electron chi connectivity index (χ0n) is 19.2. The summed E-state index contributed by atoms with van der Waals surface area (Å²) in [4.78, 5) is 30.4. The molecular weight excluding hydrogens is 422 g/mol. The Morgan fingerprint density at radius 2 is 1.88 bits per heavy atom. The Hall–Kier alpha value is -3.75. The molecule has 0 saturated heterocycles. The molecule has 3 aromatic rings. The van der Waals surface area contributed by atoms with Crippen LogP contribution in [0.2, 0.25) is 0 Å². The van der Waals surface area contributed by atoms with E-state index in [-0.39, 0.29) is 24.0 Å². The summed E-state index contributed by atoms with van der Waals surface area (Å²) in [5.74, 6) is 1.65. The number of nitrogens with zero attached hydrogens (tertiary/aromatic N) is 4. The number of benzene rings is 1. The summed E-state index contributed by atoms with van der Waals surface area (Å²) < 4.78 is 16.4. The highest BCUT2D eigenvalue weighted by atomic mass is 16.5. The third-order valence-electron chi connectivity index (χ3n) is 5.54. The maximum atomic E-state index is 12.8. The molecule has 1 aromatic carbocycles. The number of nitrogens with one attached hydrogen (secondary N) is 1. The van der Waals surface area contributed by atoms with Crippen molar-refractivity contribution < 1.29 is 19.0 Å². The summed E-state index contributed by atoms with van der Waals surface area (Å²) in [6.45, 7) is 4.15. The lowest BCUT2D eigenvalue weighted by atomic mass is 9.74. The highest BCUT2D eigenvalue weighted by molar-refractivity contribution is 5.78. The van der Waals surface area contributed by atoms with Gasteiger partial charge in [0.25, 0.3) is 5.91 Å². The van der Waals surface area contributed by atoms with Gasteiger partial charge < -0.3 is 19.5 Å². The molecule has 1 atom stereocenters. The SMILES string of the molecule is COc1cccc(OC)c1OCC(=O)N[C@@H]1CC(C)(C)Cc2nc(-c3cnccn3)ncc21. The van der Waals surface area contributed by atoms with Gasteiger partial charge in [-0.05, 0) is 30.4 Å². The number of aromatic nitrogens is 4. The Morgan fingerprint density at radius 1 is 1.12 bits per heavy atom. The Bertz CT molecular complexity index is 1110. The number of hydrogen-bond acceptors (Lipinski definition) is 8. The molecule has 1 aliphatic rings. The first-order valence-corrected chi connectivity index (χ1v) is 10.7. The van der Waals surface area contributed by atoms with E-state index in [9.17, 15) is 4.79 Å². The predicted molar refractivity (Wildman–Crippen MR) is 121 cm³/mol. The Labute approximate surface area is 192 Å². The monoisotopic (exact) mass is 449 g/mol. The summed E-state index contributed by atoms with van der Waals surface area (Å²) in [6, 6.07) is 5.07. The van der Waals surface area contributed by atoms with Crippen LogP contribution >= 0.6 is 0 Å². The van der Waals surface area contributed by atoms with E-state index >= 15 is 0 Å². The van der Waals surface area contributed by atoms with Crippen molar-refractivity contribution in [1.82, 2.24) is 25.3 Å². The molecule has 0 unspecified atom stereocenters. The second kappa shape index (κ2) is 9.40. The topological polar surface area (TPSA) is 108 Å². The molecule has 9 nitrogen and oxygen atoms in total. The molecule has 0 bridgehead atoms. The van der Waals surface area contributed by atoms with Crippen molar-refractivity contribution in [1.29, 1.82) is 0 Å². The minimum absolute atomic E-state index is 0.0499. The molecular formula is C24H27N5O4. The minimum Gasteiger partial charge on any atom is -0.493 e. The van der Waals surface area contributed by atoms with Crippen molar-refractivity contribution in [2.75, 3.05) is 20.8 Å². The highest BCUT2D eigenvalue weighted by Gasteiger charge is 2.34. The minimum atomic E-state index is -0.255. The summed E-state index contributed by atoms with van der Waals surface area (Å²) in [6.07, 6.45) is 8.17. The fourth-order valence-corrected chi connectivity index (χ4v) is 4.05. The van der Waals surface area contributed by atoms with Crippen LogP contribution in [0.3, 0.4) is 0 Å². The molecule has 9 heteroatoms. The molecule has 4 rings (SSSR count). The van der Waals surface area contributed by atoms with Gasteiger partial charge in [-0.3, -0.25) is 9.78 Å². The van der Waals surface area contributed by atoms with Crippen molar-refractivity contribution >= 4 is 5.91 Å². The lowest BCUT2D eigenvalue weighted by Crippen LogP contribution is -2.39. The van der Waals surface area contributed by atoms with Gasteiger partial charge in [0.1, 0.15) is 5.69 Å². The van der Waals surface area contributed by atoms with Crippen molar-refractivity contribution in [2.45, 2.75) is 32.7 Å². The Morgan fingerprint density at radius 3 is 2.55 bits per heavy atom. The van der Waals surface area contributed by atoms with Crippen molar-refractivity contribution in [3.05, 3.63) is 54.2 Å². The van der Waals surface area contributed by atoms with Gasteiger partial charge in [0.2, 0.25) is 5.75 Å². The van der Waals surface area contributed by atoms with Crippen LogP contribution in [0.5, 0.6) is 17.2 Å². The third-order valence-corrected chi connectivity index (χ3v) is 5.54. The number of ether oxygens (including phenoxy) is 3. The molecule has 172 valence electrons. The number of amides is 1. The zero-order valence-corrected chi connectivity index (χ0v) is 19.2. The number of hydrogen-bond donors (Lipinski definition) is 1. The zero-order chi connectivity index (χ0) is 23.4. The van der Waals surface area contributed by atoms with Crippen molar-refractivity contribution in [3.63, 3.8) is 0 Å². The molecule has 0 radical (unpaired) electrons. The number of fused-ring (bicyclic) bond motifs is 1. The molecule has 0 spiro atoms. The van der Waals surface area contributed by atoms with Crippen LogP contribution in [-0.4, -0.2) is 46.7 Å². The molecule has 1 amide bonds. The van der Waals surface area contributed by atoms with E-state index in [0.29, 0.717) is 28.8 Å². The molecule has 0 saturated carbocycles. The molecule has 2 aromatic heterocycles. The van der Waals surface area contributed by atoms with Gasteiger partial charge >= 0.3 is 0 Å². The van der Waals surface area contributed by atoms with Crippen molar-refractivity contribution in [3.8, 4) is 28.8 Å². The maximum absolute atomic E-state index is 12.8. The summed E-state index contributed by atoms with van der Waals surface area (Å²) >= 11 is 0. The quantitative estimate of drug-likeness (QED) is 0.586. The van der Waals surface area contributed by atoms with Crippen molar-refractivity contribution in [2.24, 2.45) is 5.41 Å². The molecule has 33 heavy (non-hydrogen) atoms. The predicted octanol–water partition coefficient (Wildman–Crippen LogP) is 3.16. The standard InChI is InChI=1S/C24H27N5O4/c1-24(2)10-16(15-12-27-23(29-17(15)11-24)18-13-25-8-9-26-18)28-21(30)14-33-22-19(31-3)6-5-7-20(22)32-4/h5-9,12-13,16H,10-11,14H2,1-4H3,(H,28,30)/t16-/m1/s1. The molecule has 0 fully saturated rings. The van der Waals surface area contributed by atoms with Crippen LogP contribution in [0.25, 0.3) is 11.5 Å². The smallest absolute Gasteiger partial charge is 0.258 e. The van der Waals surface area contributed by atoms with Crippen LogP contribution in [0.1, 0.15) is 37.6 Å². The summed E-state index contributed by atoms with van der Waals surface area (Å²) in [5, 5.41) is 3.08. The fourth-order valence-electron chi connectivity index (χ4n) is 4.05. The third kappa shape index (κ3) is 5.02. The number of para-hydroxylation sites is 1. The first-order chi connectivity index (χ1) is 15.9. The van der Waals surface area contributed by atoms with E-state index in [1.165, 1.54) is 14.2 Å². The van der Waals surface area contributed by atoms with E-state index in [1.807, 2.05) is 0 Å². The summed E-state index contributed by atoms with van der Waals surface area (Å²) in [5.41, 5.74) is 2.37. The number of carbonyl (C=O) groups is 1. The number of methoxy groups -OCH3 is 2. The van der Waals surface area contributed by atoms with Crippen LogP contribution in [0, 0.1) is 5.41 Å². The van der Waals surface area contributed by atoms with E-state index in [2.05, 4.69) is 34.1 Å². The van der Waals surface area contributed by atoms with Gasteiger partial charge in [-0.1, -0.05) is 19.9 Å². The lowest BCUT2D eigenvalue weighted by Gasteiger charge is -2.36. The largest absolute Gasteiger partial charge is 0.493 e. The molecule has 0 aliphatic heterocycles. The van der Waals surface area contributed by atoms with Crippen LogP contribution < -0.4 is 19.5 Å². The van der Waals surface area contributed by atoms with Gasteiger partial charge in [-0.25, -0.2) is 15.0 Å². The first-order valence-electron chi connectivity index (χ1n) is 10.7. The van der Waals surface area contributed by atoms with Crippen LogP contribution in [-0.2, 0) is 11.2 Å². The first kappa shape index (κ1) is 22.4. The Kier molecular flexibility index (Phi) is 6.39. The van der Waals surface area contributed by atoms with E-state index in [4.69, 9.17) is 19.2 Å². The molecule has 2 heterocycles. The van der Waals surface area contributed by atoms with E-state index in [1.54, 1.807) is 43.0 Å². The van der Waals surface area contributed by atoms with Gasteiger partial charge in [0.05, 0.1) is 32.2 Å². The van der Waals surface area contributed by atoms with Gasteiger partial charge in [-0.2, -0.15) is 0 Å². The molecule has 1 aliphatic carbocycles. The fraction of sp³-hybridized carbons (Fsp3) is 0.375. The lowest BCUT2D eigenvalue weighted by molar-refractivity contribution is -0.124. The van der Waals surface area contributed by atoms with Gasteiger partial charge in [0.15, 0.2) is 23.9 Å². The molecule has 1 N–H and O–H groups in total. The maximum Gasteiger partial charge on any atom is 0.258 e. The van der Waals surface area contributed by atoms with Gasteiger partial charge in [-0.15, -0.1) is 0 Å². The number of rotatable bonds is 7. The normalized spacial score (nSPS) is 16.4. The average Bonchev–Trinajstić information content (AvgIpc) is 2.81. The second-order valence-corrected chi connectivity index (χ2v) is 8.63. The Balaban J connectivity index is 1.51. The highest BCUT2D eigenvalue weighted by Crippen LogP contribution is 2.40. The average molecular weight is 450 g/mol. The summed E-state index contributed by atoms with van der Waals surface area (Å²) in [7, 11) is 3.08. The van der Waals surface area contributed by atoms with Crippen LogP contribution in [0.15, 0.2) is 43.0 Å². The van der Waals surface area contributed by atoms with Gasteiger partial charge in [0, 0.05) is 24.2 Å². The van der Waals surface area contributed by atoms with E-state index in [0.717, 1.165) is 24.1 Å². The second-order valence-electron chi connectivity index (χ2n) is 8.63. The number of carbonyl (C=O) groups excluding carboxylic acids is 1.